The number of hydrogen-bond acceptors (Lipinski definition) is 9. The zero-order chi connectivity index (χ0) is 29.9. The largest absolute Gasteiger partial charge is 0.378 e. The van der Waals surface area contributed by atoms with Crippen LogP contribution < -0.4 is 20.9 Å². The van der Waals surface area contributed by atoms with E-state index in [1.165, 1.54) is 23.5 Å². The van der Waals surface area contributed by atoms with E-state index in [1.54, 1.807) is 42.5 Å². The second kappa shape index (κ2) is 15.2. The van der Waals surface area contributed by atoms with Crippen LogP contribution in [0.3, 0.4) is 0 Å². The molecule has 0 atom stereocenters. The van der Waals surface area contributed by atoms with Crippen LogP contribution in [0.25, 0.3) is 6.08 Å². The Bertz CT molecular complexity index is 1540. The summed E-state index contributed by atoms with van der Waals surface area (Å²) in [4.78, 5) is 45.6. The van der Waals surface area contributed by atoms with Crippen LogP contribution >= 0.6 is 35.1 Å². The van der Waals surface area contributed by atoms with E-state index >= 15 is 0 Å². The molecular weight excluding hydrogens is 589 g/mol. The zero-order valence-electron chi connectivity index (χ0n) is 23.3. The number of rotatable bonds is 12. The summed E-state index contributed by atoms with van der Waals surface area (Å²) in [5.41, 5.74) is 2.87. The Hall–Kier alpha value is -4.13. The van der Waals surface area contributed by atoms with E-state index in [4.69, 9.17) is 0 Å². The molecule has 12 heteroatoms. The van der Waals surface area contributed by atoms with Crippen molar-refractivity contribution < 1.29 is 14.4 Å². The van der Waals surface area contributed by atoms with Crippen molar-refractivity contribution in [2.75, 3.05) is 41.1 Å². The Kier molecular flexibility index (Phi) is 11.2. The van der Waals surface area contributed by atoms with Crippen LogP contribution in [0.1, 0.15) is 22.8 Å². The van der Waals surface area contributed by atoms with Gasteiger partial charge in [0.1, 0.15) is 5.70 Å². The normalized spacial score (nSPS) is 11.1. The number of benzene rings is 3. The summed E-state index contributed by atoms with van der Waals surface area (Å²) in [5, 5.41) is 9.51. The van der Waals surface area contributed by atoms with Crippen LogP contribution in [0.4, 0.5) is 16.5 Å². The molecule has 9 nitrogen and oxygen atoms in total. The molecule has 0 fully saturated rings. The average molecular weight is 619 g/mol. The average Bonchev–Trinajstić information content (AvgIpc) is 3.43. The van der Waals surface area contributed by atoms with Gasteiger partial charge < -0.3 is 15.5 Å². The maximum absolute atomic E-state index is 13.3. The molecule has 0 bridgehead atoms. The first-order valence-corrected chi connectivity index (χ1v) is 15.7. The van der Waals surface area contributed by atoms with Crippen molar-refractivity contribution >= 4 is 75.4 Å². The molecule has 4 aromatic rings. The third-order valence-corrected chi connectivity index (χ3v) is 8.15. The molecule has 3 N–H and O–H groups in total. The topological polar surface area (TPSA) is 116 Å². The summed E-state index contributed by atoms with van der Waals surface area (Å²) in [7, 11) is 3.90. The van der Waals surface area contributed by atoms with Crippen LogP contribution in [0, 0.1) is 0 Å². The predicted octanol–water partition coefficient (Wildman–Crippen LogP) is 5.86. The number of nitrogens with zero attached hydrogens (tertiary/aromatic N) is 3. The van der Waals surface area contributed by atoms with Gasteiger partial charge in [0.05, 0.1) is 5.75 Å². The predicted molar refractivity (Wildman–Crippen MR) is 173 cm³/mol. The van der Waals surface area contributed by atoms with E-state index in [9.17, 15) is 14.4 Å². The second-order valence-electron chi connectivity index (χ2n) is 8.99. The van der Waals surface area contributed by atoms with E-state index in [0.29, 0.717) is 21.5 Å². The maximum Gasteiger partial charge on any atom is 0.272 e. The lowest BCUT2D eigenvalue weighted by molar-refractivity contribution is -0.114. The third kappa shape index (κ3) is 9.20. The van der Waals surface area contributed by atoms with Gasteiger partial charge in [-0.3, -0.25) is 19.7 Å². The first-order chi connectivity index (χ1) is 20.3. The number of carbonyl (C=O) groups excluding carboxylic acids is 3. The molecule has 3 amide bonds. The van der Waals surface area contributed by atoms with E-state index in [-0.39, 0.29) is 23.3 Å². The first kappa shape index (κ1) is 30.8. The summed E-state index contributed by atoms with van der Waals surface area (Å²) in [6, 6.07) is 23.5. The smallest absolute Gasteiger partial charge is 0.272 e. The molecule has 1 aromatic heterocycles. The molecule has 4 rings (SSSR count). The van der Waals surface area contributed by atoms with Crippen molar-refractivity contribution in [3.8, 4) is 0 Å². The molecule has 0 aliphatic heterocycles. The summed E-state index contributed by atoms with van der Waals surface area (Å²) in [6.45, 7) is 2.02. The molecule has 0 saturated heterocycles. The number of hydrogen-bond donors (Lipinski definition) is 3. The lowest BCUT2D eigenvalue weighted by Gasteiger charge is -2.13. The fourth-order valence-corrected chi connectivity index (χ4v) is 5.55. The summed E-state index contributed by atoms with van der Waals surface area (Å²) in [5.74, 6) is 0.0339. The number of anilines is 3. The minimum Gasteiger partial charge on any atom is -0.378 e. The molecule has 0 unspecified atom stereocenters. The van der Waals surface area contributed by atoms with Gasteiger partial charge in [-0.15, -0.1) is 11.8 Å². The molecule has 42 heavy (non-hydrogen) atoms. The fraction of sp³-hybridized carbons (Fsp3) is 0.167. The molecule has 0 aliphatic rings. The SMILES string of the molecule is CCSc1nsc(NC(=O)CSc2ccc(NC(=O)/C(=C/c3ccc(N(C)C)cc3)NC(=O)c3ccccc3)cc2)n1. The Morgan fingerprint density at radius 1 is 0.905 bits per heavy atom. The molecule has 0 saturated carbocycles. The van der Waals surface area contributed by atoms with Gasteiger partial charge in [-0.25, -0.2) is 0 Å². The van der Waals surface area contributed by atoms with E-state index in [2.05, 4.69) is 25.3 Å². The van der Waals surface area contributed by atoms with Gasteiger partial charge in [0.2, 0.25) is 16.2 Å². The van der Waals surface area contributed by atoms with Crippen molar-refractivity contribution in [3.05, 3.63) is 95.7 Å². The Morgan fingerprint density at radius 3 is 2.29 bits per heavy atom. The Labute approximate surface area is 257 Å². The molecule has 0 radical (unpaired) electrons. The van der Waals surface area contributed by atoms with Gasteiger partial charge in [-0.1, -0.05) is 49.0 Å². The summed E-state index contributed by atoms with van der Waals surface area (Å²) < 4.78 is 4.20. The fourth-order valence-electron chi connectivity index (χ4n) is 3.56. The highest BCUT2D eigenvalue weighted by Crippen LogP contribution is 2.23. The minimum atomic E-state index is -0.464. The molecule has 0 spiro atoms. The van der Waals surface area contributed by atoms with Crippen LogP contribution in [0.5, 0.6) is 0 Å². The highest BCUT2D eigenvalue weighted by atomic mass is 32.2. The van der Waals surface area contributed by atoms with E-state index < -0.39 is 5.91 Å². The van der Waals surface area contributed by atoms with Crippen molar-refractivity contribution in [2.24, 2.45) is 0 Å². The van der Waals surface area contributed by atoms with E-state index in [0.717, 1.165) is 33.4 Å². The van der Waals surface area contributed by atoms with Crippen molar-refractivity contribution in [2.45, 2.75) is 17.0 Å². The van der Waals surface area contributed by atoms with Crippen LogP contribution in [0.15, 0.2) is 94.6 Å². The van der Waals surface area contributed by atoms with Crippen molar-refractivity contribution in [1.29, 1.82) is 0 Å². The molecule has 3 aromatic carbocycles. The van der Waals surface area contributed by atoms with Crippen molar-refractivity contribution in [3.63, 3.8) is 0 Å². The second-order valence-corrected chi connectivity index (χ2v) is 12.0. The lowest BCUT2D eigenvalue weighted by Crippen LogP contribution is -2.30. The summed E-state index contributed by atoms with van der Waals surface area (Å²) >= 11 is 4.04. The van der Waals surface area contributed by atoms with Gasteiger partial charge in [0, 0.05) is 47.5 Å². The Morgan fingerprint density at radius 2 is 1.62 bits per heavy atom. The standard InChI is InChI=1S/C30H30N6O3S3/c1-4-40-30-34-29(42-35-30)33-26(37)19-41-24-16-12-22(13-17-24)31-28(39)25(32-27(38)21-8-6-5-7-9-21)18-20-10-14-23(15-11-20)36(2)3/h5-18H,4,19H2,1-3H3,(H,31,39)(H,32,38)(H,33,34,35,37)/b25-18-. The minimum absolute atomic E-state index is 0.105. The quantitative estimate of drug-likeness (QED) is 0.134. The van der Waals surface area contributed by atoms with Crippen LogP contribution in [0.2, 0.25) is 0 Å². The zero-order valence-corrected chi connectivity index (χ0v) is 25.7. The molecule has 216 valence electrons. The number of aromatic nitrogens is 2. The van der Waals surface area contributed by atoms with Gasteiger partial charge in [0.15, 0.2) is 0 Å². The maximum atomic E-state index is 13.3. The van der Waals surface area contributed by atoms with Gasteiger partial charge in [0.25, 0.3) is 11.8 Å². The highest BCUT2D eigenvalue weighted by molar-refractivity contribution is 8.00. The monoisotopic (exact) mass is 618 g/mol. The van der Waals surface area contributed by atoms with Gasteiger partial charge >= 0.3 is 0 Å². The molecule has 1 heterocycles. The first-order valence-electron chi connectivity index (χ1n) is 13.0. The lowest BCUT2D eigenvalue weighted by atomic mass is 10.1. The van der Waals surface area contributed by atoms with Crippen LogP contribution in [-0.2, 0) is 9.59 Å². The summed E-state index contributed by atoms with van der Waals surface area (Å²) in [6.07, 6.45) is 1.64. The highest BCUT2D eigenvalue weighted by Gasteiger charge is 2.15. The number of amides is 3. The third-order valence-electron chi connectivity index (χ3n) is 5.66. The van der Waals surface area contributed by atoms with Crippen LogP contribution in [-0.4, -0.2) is 52.7 Å². The number of nitrogens with one attached hydrogen (secondary N) is 3. The number of thioether (sulfide) groups is 2. The van der Waals surface area contributed by atoms with E-state index in [1.807, 2.05) is 68.4 Å². The van der Waals surface area contributed by atoms with Gasteiger partial charge in [-0.05, 0) is 65.9 Å². The molecule has 0 aliphatic carbocycles. The van der Waals surface area contributed by atoms with Crippen molar-refractivity contribution in [1.82, 2.24) is 14.7 Å². The Balaban J connectivity index is 1.39. The number of carbonyl (C=O) groups is 3. The van der Waals surface area contributed by atoms with Gasteiger partial charge in [-0.2, -0.15) is 9.36 Å². The molecular formula is C30H30N6O3S3.